The minimum Gasteiger partial charge on any atom is -0.310 e. The highest BCUT2D eigenvalue weighted by Gasteiger charge is 2.48. The summed E-state index contributed by atoms with van der Waals surface area (Å²) in [5.41, 5.74) is 21.9. The smallest absolute Gasteiger partial charge is 0.0540 e. The Morgan fingerprint density at radius 3 is 1.89 bits per heavy atom. The van der Waals surface area contributed by atoms with E-state index in [2.05, 4.69) is 231 Å². The first-order valence-corrected chi connectivity index (χ1v) is 22.5. The fourth-order valence-corrected chi connectivity index (χ4v) is 12.1. The molecule has 298 valence electrons. The highest BCUT2D eigenvalue weighted by atomic mass is 15.1. The molecular weight excluding hydrogens is 759 g/mol. The van der Waals surface area contributed by atoms with Crippen LogP contribution >= 0.6 is 0 Å². The van der Waals surface area contributed by atoms with Gasteiger partial charge in [-0.25, -0.2) is 0 Å². The van der Waals surface area contributed by atoms with E-state index in [-0.39, 0.29) is 10.8 Å². The van der Waals surface area contributed by atoms with Crippen molar-refractivity contribution in [2.75, 3.05) is 4.90 Å². The van der Waals surface area contributed by atoms with Gasteiger partial charge in [-0.05, 0) is 143 Å². The second-order valence-corrected chi connectivity index (χ2v) is 18.4. The predicted molar refractivity (Wildman–Crippen MR) is 265 cm³/mol. The molecule has 3 aliphatic rings. The summed E-state index contributed by atoms with van der Waals surface area (Å²) >= 11 is 0. The van der Waals surface area contributed by atoms with Crippen molar-refractivity contribution in [1.82, 2.24) is 0 Å². The maximum Gasteiger partial charge on any atom is 0.0540 e. The molecule has 0 aliphatic heterocycles. The molecular formula is C62H45N. The van der Waals surface area contributed by atoms with Crippen LogP contribution in [0, 0.1) is 0 Å². The standard InChI is InChI=1S/C62H45N/c1-61(2)56-26-10-6-22-52(56)54-24-14-23-50(60(54)61)42-17-13-18-45(38-42)63(59-28-12-8-20-49(59)44-31-33-48-43(37-44)30-29-40-15-3-5-19-47(40)48)46-32-34-53-51-21-7-11-27-57(51)62(58(53)39-46)36-35-41-16-4-9-25-55(41)62/h3-34,37-39H,35-36H2,1-2H3. The topological polar surface area (TPSA) is 3.24 Å². The molecule has 0 saturated carbocycles. The number of fused-ring (bicyclic) bond motifs is 13. The second kappa shape index (κ2) is 13.5. The van der Waals surface area contributed by atoms with Gasteiger partial charge in [0.1, 0.15) is 0 Å². The Bertz CT molecular complexity index is 3510. The van der Waals surface area contributed by atoms with Gasteiger partial charge in [-0.2, -0.15) is 0 Å². The average Bonchev–Trinajstić information content (AvgIpc) is 3.95. The van der Waals surface area contributed by atoms with Crippen LogP contribution in [0.5, 0.6) is 0 Å². The van der Waals surface area contributed by atoms with Crippen molar-refractivity contribution in [1.29, 1.82) is 0 Å². The Labute approximate surface area is 369 Å². The third-order valence-corrected chi connectivity index (χ3v) is 14.8. The molecule has 1 spiro atoms. The monoisotopic (exact) mass is 803 g/mol. The van der Waals surface area contributed by atoms with Gasteiger partial charge in [-0.3, -0.25) is 0 Å². The van der Waals surface area contributed by atoms with Crippen LogP contribution in [0.2, 0.25) is 0 Å². The van der Waals surface area contributed by atoms with E-state index >= 15 is 0 Å². The highest BCUT2D eigenvalue weighted by Crippen LogP contribution is 2.60. The van der Waals surface area contributed by atoms with E-state index in [1.54, 1.807) is 0 Å². The van der Waals surface area contributed by atoms with Gasteiger partial charge in [-0.1, -0.05) is 190 Å². The summed E-state index contributed by atoms with van der Waals surface area (Å²) < 4.78 is 0. The van der Waals surface area contributed by atoms with Crippen molar-refractivity contribution < 1.29 is 0 Å². The second-order valence-electron chi connectivity index (χ2n) is 18.4. The van der Waals surface area contributed by atoms with Crippen LogP contribution in [0.3, 0.4) is 0 Å². The van der Waals surface area contributed by atoms with Crippen LogP contribution in [0.4, 0.5) is 17.1 Å². The van der Waals surface area contributed by atoms with E-state index in [4.69, 9.17) is 0 Å². The molecule has 0 saturated heterocycles. The molecule has 63 heavy (non-hydrogen) atoms. The van der Waals surface area contributed by atoms with Crippen molar-refractivity contribution in [3.63, 3.8) is 0 Å². The molecule has 3 aliphatic carbocycles. The van der Waals surface area contributed by atoms with E-state index in [9.17, 15) is 0 Å². The Kier molecular flexibility index (Phi) is 7.76. The zero-order valence-corrected chi connectivity index (χ0v) is 35.6. The van der Waals surface area contributed by atoms with Crippen molar-refractivity contribution in [3.8, 4) is 44.5 Å². The van der Waals surface area contributed by atoms with Gasteiger partial charge in [0, 0.05) is 27.8 Å². The molecule has 1 atom stereocenters. The first-order chi connectivity index (χ1) is 31.0. The summed E-state index contributed by atoms with van der Waals surface area (Å²) in [6.07, 6.45) is 2.14. The van der Waals surface area contributed by atoms with Crippen LogP contribution in [0.25, 0.3) is 66.1 Å². The number of nitrogens with zero attached hydrogens (tertiary/aromatic N) is 1. The van der Waals surface area contributed by atoms with Gasteiger partial charge in [0.25, 0.3) is 0 Å². The van der Waals surface area contributed by atoms with Gasteiger partial charge in [0.2, 0.25) is 0 Å². The maximum absolute atomic E-state index is 2.54. The molecule has 0 aromatic heterocycles. The summed E-state index contributed by atoms with van der Waals surface area (Å²) in [5.74, 6) is 0. The number of para-hydroxylation sites is 1. The Balaban J connectivity index is 1.04. The number of benzene rings is 10. The van der Waals surface area contributed by atoms with Crippen LogP contribution in [-0.2, 0) is 17.3 Å². The van der Waals surface area contributed by atoms with E-state index in [0.717, 1.165) is 29.9 Å². The molecule has 13 rings (SSSR count). The first kappa shape index (κ1) is 36.2. The lowest BCUT2D eigenvalue weighted by Crippen LogP contribution is -2.24. The number of anilines is 3. The third kappa shape index (κ3) is 5.17. The first-order valence-electron chi connectivity index (χ1n) is 22.5. The fraction of sp³-hybridized carbons (Fsp3) is 0.0968. The number of hydrogen-bond donors (Lipinski definition) is 0. The summed E-state index contributed by atoms with van der Waals surface area (Å²) in [5, 5.41) is 5.07. The Hall–Kier alpha value is -7.48. The van der Waals surface area contributed by atoms with Crippen LogP contribution in [0.1, 0.15) is 53.6 Å². The SMILES string of the molecule is CC1(C)c2ccccc2-c2cccc(-c3cccc(N(c4ccc5c(c4)C4(CCc6ccccc64)c4ccccc4-5)c4ccccc4-c4ccc5c(ccc6ccccc65)c4)c3)c21. The van der Waals surface area contributed by atoms with Crippen molar-refractivity contribution in [3.05, 3.63) is 246 Å². The van der Waals surface area contributed by atoms with Gasteiger partial charge < -0.3 is 4.90 Å². The van der Waals surface area contributed by atoms with E-state index in [1.165, 1.54) is 99.4 Å². The lowest BCUT2D eigenvalue weighted by molar-refractivity contribution is 0.626. The minimum atomic E-state index is -0.197. The van der Waals surface area contributed by atoms with Crippen molar-refractivity contribution in [2.24, 2.45) is 0 Å². The summed E-state index contributed by atoms with van der Waals surface area (Å²) in [4.78, 5) is 2.53. The summed E-state index contributed by atoms with van der Waals surface area (Å²) in [6, 6.07) is 80.0. The highest BCUT2D eigenvalue weighted by molar-refractivity contribution is 6.09. The zero-order valence-electron chi connectivity index (χ0n) is 35.6. The normalized spacial score (nSPS) is 16.2. The Morgan fingerprint density at radius 1 is 0.381 bits per heavy atom. The fourth-order valence-electron chi connectivity index (χ4n) is 12.1. The summed E-state index contributed by atoms with van der Waals surface area (Å²) in [6.45, 7) is 4.78. The Morgan fingerprint density at radius 2 is 1.00 bits per heavy atom. The quantitative estimate of drug-likeness (QED) is 0.157. The minimum absolute atomic E-state index is 0.132. The summed E-state index contributed by atoms with van der Waals surface area (Å²) in [7, 11) is 0. The third-order valence-electron chi connectivity index (χ3n) is 14.8. The van der Waals surface area contributed by atoms with Gasteiger partial charge >= 0.3 is 0 Å². The van der Waals surface area contributed by atoms with Crippen LogP contribution < -0.4 is 4.90 Å². The molecule has 0 bridgehead atoms. The van der Waals surface area contributed by atoms with Crippen molar-refractivity contribution in [2.45, 2.75) is 37.5 Å². The molecule has 1 heteroatoms. The number of rotatable bonds is 5. The van der Waals surface area contributed by atoms with Crippen LogP contribution in [0.15, 0.2) is 212 Å². The molecule has 0 heterocycles. The number of aryl methyl sites for hydroxylation is 1. The maximum atomic E-state index is 2.54. The van der Waals surface area contributed by atoms with Crippen LogP contribution in [-0.4, -0.2) is 0 Å². The number of hydrogen-bond acceptors (Lipinski definition) is 1. The molecule has 1 unspecified atom stereocenters. The largest absolute Gasteiger partial charge is 0.310 e. The zero-order chi connectivity index (χ0) is 41.9. The van der Waals surface area contributed by atoms with Gasteiger partial charge in [-0.15, -0.1) is 0 Å². The van der Waals surface area contributed by atoms with Gasteiger partial charge in [0.05, 0.1) is 5.69 Å². The molecule has 0 amide bonds. The molecule has 10 aromatic carbocycles. The van der Waals surface area contributed by atoms with E-state index in [0.29, 0.717) is 0 Å². The molecule has 1 nitrogen and oxygen atoms in total. The van der Waals surface area contributed by atoms with E-state index < -0.39 is 0 Å². The predicted octanol–water partition coefficient (Wildman–Crippen LogP) is 16.4. The van der Waals surface area contributed by atoms with E-state index in [1.807, 2.05) is 0 Å². The molecule has 0 radical (unpaired) electrons. The van der Waals surface area contributed by atoms with Crippen molar-refractivity contribution >= 4 is 38.6 Å². The lowest BCUT2D eigenvalue weighted by atomic mass is 9.73. The molecule has 10 aromatic rings. The molecule has 0 N–H and O–H groups in total. The van der Waals surface area contributed by atoms with Gasteiger partial charge in [0.15, 0.2) is 0 Å². The average molecular weight is 804 g/mol. The lowest BCUT2D eigenvalue weighted by Gasteiger charge is -2.32. The molecule has 0 fully saturated rings.